The van der Waals surface area contributed by atoms with Crippen LogP contribution in [0.1, 0.15) is 23.0 Å². The van der Waals surface area contributed by atoms with Gasteiger partial charge in [-0.3, -0.25) is 9.78 Å². The van der Waals surface area contributed by atoms with E-state index in [1.165, 1.54) is 6.20 Å². The number of nitrogens with zero attached hydrogens (tertiary/aromatic N) is 5. The van der Waals surface area contributed by atoms with Crippen molar-refractivity contribution in [2.75, 3.05) is 38.1 Å². The Morgan fingerprint density at radius 3 is 2.52 bits per heavy atom. The Hall–Kier alpha value is -3.23. The van der Waals surface area contributed by atoms with Crippen LogP contribution in [-0.4, -0.2) is 69.5 Å². The van der Waals surface area contributed by atoms with E-state index in [1.807, 2.05) is 12.1 Å². The van der Waals surface area contributed by atoms with Crippen LogP contribution in [0.5, 0.6) is 0 Å². The summed E-state index contributed by atoms with van der Waals surface area (Å²) in [5.74, 6) is 0.396. The van der Waals surface area contributed by atoms with Crippen molar-refractivity contribution in [2.24, 2.45) is 0 Å². The predicted molar refractivity (Wildman–Crippen MR) is 98.1 cm³/mol. The molecule has 9 nitrogen and oxygen atoms in total. The Morgan fingerprint density at radius 1 is 1.11 bits per heavy atom. The molecule has 0 radical (unpaired) electrons. The summed E-state index contributed by atoms with van der Waals surface area (Å²) in [6, 6.07) is 3.83. The van der Waals surface area contributed by atoms with Crippen LogP contribution < -0.4 is 5.32 Å². The van der Waals surface area contributed by atoms with Crippen LogP contribution in [0.25, 0.3) is 0 Å². The van der Waals surface area contributed by atoms with Crippen LogP contribution in [0, 0.1) is 0 Å². The fourth-order valence-electron chi connectivity index (χ4n) is 2.69. The molecule has 1 N–H and O–H groups in total. The first-order valence-electron chi connectivity index (χ1n) is 8.83. The highest BCUT2D eigenvalue weighted by atomic mass is 16.6. The van der Waals surface area contributed by atoms with Gasteiger partial charge in [0.1, 0.15) is 11.5 Å². The van der Waals surface area contributed by atoms with Gasteiger partial charge in [0.15, 0.2) is 0 Å². The highest BCUT2D eigenvalue weighted by Crippen LogP contribution is 2.10. The van der Waals surface area contributed by atoms with Crippen molar-refractivity contribution in [2.45, 2.75) is 13.5 Å². The number of rotatable bonds is 5. The number of amides is 2. The molecule has 1 fully saturated rings. The average Bonchev–Trinajstić information content (AvgIpc) is 2.73. The fraction of sp³-hybridized carbons (Fsp3) is 0.389. The van der Waals surface area contributed by atoms with Crippen molar-refractivity contribution in [1.29, 1.82) is 0 Å². The second kappa shape index (κ2) is 8.93. The minimum Gasteiger partial charge on any atom is -0.450 e. The second-order valence-corrected chi connectivity index (χ2v) is 5.98. The lowest BCUT2D eigenvalue weighted by Gasteiger charge is -2.33. The van der Waals surface area contributed by atoms with Crippen LogP contribution in [0.4, 0.5) is 10.6 Å². The maximum Gasteiger partial charge on any atom is 0.409 e. The number of hydrogen-bond donors (Lipinski definition) is 1. The molecular weight excluding hydrogens is 348 g/mol. The van der Waals surface area contributed by atoms with Crippen molar-refractivity contribution in [3.05, 3.63) is 48.2 Å². The summed E-state index contributed by atoms with van der Waals surface area (Å²) in [4.78, 5) is 40.1. The Morgan fingerprint density at radius 2 is 1.89 bits per heavy atom. The summed E-state index contributed by atoms with van der Waals surface area (Å²) in [6.07, 6.45) is 6.16. The van der Waals surface area contributed by atoms with E-state index in [2.05, 4.69) is 20.3 Å². The standard InChI is InChI=1S/C18H22N6O3/c1-2-27-18(26)24-8-6-23(7-9-24)17(25)15-12-22-16(13-20-15)21-11-14-4-3-5-19-10-14/h3-5,10,12-13H,2,6-9,11H2,1H3,(H,21,22). The molecule has 27 heavy (non-hydrogen) atoms. The molecule has 1 saturated heterocycles. The van der Waals surface area contributed by atoms with Crippen molar-refractivity contribution >= 4 is 17.8 Å². The van der Waals surface area contributed by atoms with Crippen molar-refractivity contribution < 1.29 is 14.3 Å². The zero-order valence-electron chi connectivity index (χ0n) is 15.2. The number of piperazine rings is 1. The molecule has 2 aromatic heterocycles. The van der Waals surface area contributed by atoms with Crippen molar-refractivity contribution in [3.63, 3.8) is 0 Å². The lowest BCUT2D eigenvalue weighted by molar-refractivity contribution is 0.0565. The van der Waals surface area contributed by atoms with E-state index in [0.29, 0.717) is 45.1 Å². The molecule has 0 aromatic carbocycles. The molecule has 0 aliphatic carbocycles. The van der Waals surface area contributed by atoms with E-state index in [9.17, 15) is 9.59 Å². The quantitative estimate of drug-likeness (QED) is 0.849. The van der Waals surface area contributed by atoms with E-state index >= 15 is 0 Å². The van der Waals surface area contributed by atoms with Gasteiger partial charge in [0.05, 0.1) is 19.0 Å². The predicted octanol–water partition coefficient (Wildman–Crippen LogP) is 1.40. The third kappa shape index (κ3) is 4.90. The summed E-state index contributed by atoms with van der Waals surface area (Å²) >= 11 is 0. The van der Waals surface area contributed by atoms with Gasteiger partial charge >= 0.3 is 6.09 Å². The molecule has 142 valence electrons. The largest absolute Gasteiger partial charge is 0.450 e. The van der Waals surface area contributed by atoms with E-state index in [1.54, 1.807) is 35.3 Å². The molecular formula is C18H22N6O3. The van der Waals surface area contributed by atoms with Gasteiger partial charge in [-0.25, -0.2) is 14.8 Å². The summed E-state index contributed by atoms with van der Waals surface area (Å²) in [5, 5.41) is 3.14. The molecule has 2 amide bonds. The maximum absolute atomic E-state index is 12.6. The van der Waals surface area contributed by atoms with E-state index < -0.39 is 0 Å². The van der Waals surface area contributed by atoms with Gasteiger partial charge in [0.2, 0.25) is 0 Å². The molecule has 3 heterocycles. The minimum atomic E-state index is -0.339. The first-order chi connectivity index (χ1) is 13.2. The number of hydrogen-bond acceptors (Lipinski definition) is 7. The highest BCUT2D eigenvalue weighted by molar-refractivity contribution is 5.92. The molecule has 1 aliphatic heterocycles. The molecule has 0 bridgehead atoms. The van der Waals surface area contributed by atoms with E-state index in [4.69, 9.17) is 4.74 Å². The number of pyridine rings is 1. The molecule has 3 rings (SSSR count). The molecule has 2 aromatic rings. The van der Waals surface area contributed by atoms with Gasteiger partial charge in [0.25, 0.3) is 5.91 Å². The van der Waals surface area contributed by atoms with Crippen LogP contribution >= 0.6 is 0 Å². The molecule has 0 saturated carbocycles. The lowest BCUT2D eigenvalue weighted by atomic mass is 10.3. The van der Waals surface area contributed by atoms with Gasteiger partial charge in [-0.05, 0) is 18.6 Å². The van der Waals surface area contributed by atoms with E-state index in [-0.39, 0.29) is 17.7 Å². The summed E-state index contributed by atoms with van der Waals surface area (Å²) in [7, 11) is 0. The normalized spacial score (nSPS) is 14.0. The zero-order chi connectivity index (χ0) is 19.1. The minimum absolute atomic E-state index is 0.190. The van der Waals surface area contributed by atoms with Crippen molar-refractivity contribution in [1.82, 2.24) is 24.8 Å². The zero-order valence-corrected chi connectivity index (χ0v) is 15.2. The number of nitrogens with one attached hydrogen (secondary N) is 1. The van der Waals surface area contributed by atoms with Crippen LogP contribution in [0.3, 0.4) is 0 Å². The van der Waals surface area contributed by atoms with Gasteiger partial charge in [-0.15, -0.1) is 0 Å². The van der Waals surface area contributed by atoms with Gasteiger partial charge in [-0.1, -0.05) is 6.07 Å². The Labute approximate surface area is 157 Å². The number of anilines is 1. The maximum atomic E-state index is 12.6. The topological polar surface area (TPSA) is 101 Å². The first kappa shape index (κ1) is 18.6. The molecule has 0 atom stereocenters. The van der Waals surface area contributed by atoms with Gasteiger partial charge in [0, 0.05) is 45.1 Å². The number of carbonyl (C=O) groups is 2. The van der Waals surface area contributed by atoms with Gasteiger partial charge < -0.3 is 19.9 Å². The van der Waals surface area contributed by atoms with Crippen molar-refractivity contribution in [3.8, 4) is 0 Å². The third-order valence-electron chi connectivity index (χ3n) is 4.16. The summed E-state index contributed by atoms with van der Waals surface area (Å²) < 4.78 is 4.98. The average molecular weight is 370 g/mol. The molecule has 0 spiro atoms. The van der Waals surface area contributed by atoms with E-state index in [0.717, 1.165) is 5.56 Å². The van der Waals surface area contributed by atoms with Crippen LogP contribution in [-0.2, 0) is 11.3 Å². The number of ether oxygens (including phenoxy) is 1. The summed E-state index contributed by atoms with van der Waals surface area (Å²) in [6.45, 7) is 4.47. The monoisotopic (exact) mass is 370 g/mol. The number of aromatic nitrogens is 3. The number of carbonyl (C=O) groups excluding carboxylic acids is 2. The molecule has 9 heteroatoms. The SMILES string of the molecule is CCOC(=O)N1CCN(C(=O)c2cnc(NCc3cccnc3)cn2)CC1. The third-order valence-corrected chi connectivity index (χ3v) is 4.16. The second-order valence-electron chi connectivity index (χ2n) is 5.98. The Balaban J connectivity index is 1.51. The lowest BCUT2D eigenvalue weighted by Crippen LogP contribution is -2.50. The van der Waals surface area contributed by atoms with Crippen LogP contribution in [0.2, 0.25) is 0 Å². The molecule has 1 aliphatic rings. The molecule has 0 unspecified atom stereocenters. The Kier molecular flexibility index (Phi) is 6.14. The Bertz CT molecular complexity index is 760. The fourth-order valence-corrected chi connectivity index (χ4v) is 2.69. The van der Waals surface area contributed by atoms with Gasteiger partial charge in [-0.2, -0.15) is 0 Å². The summed E-state index contributed by atoms with van der Waals surface area (Å²) in [5.41, 5.74) is 1.31. The smallest absolute Gasteiger partial charge is 0.409 e. The van der Waals surface area contributed by atoms with Crippen LogP contribution in [0.15, 0.2) is 36.9 Å². The highest BCUT2D eigenvalue weighted by Gasteiger charge is 2.26. The first-order valence-corrected chi connectivity index (χ1v) is 8.83.